The summed E-state index contributed by atoms with van der Waals surface area (Å²) in [5.74, 6) is -0.227. The van der Waals surface area contributed by atoms with E-state index < -0.39 is 29.0 Å². The van der Waals surface area contributed by atoms with Gasteiger partial charge in [0.15, 0.2) is 0 Å². The summed E-state index contributed by atoms with van der Waals surface area (Å²) in [5.41, 5.74) is -0.372. The van der Waals surface area contributed by atoms with E-state index in [2.05, 4.69) is 46.8 Å². The molecule has 196 valence electrons. The summed E-state index contributed by atoms with van der Waals surface area (Å²) in [5, 5.41) is 43.5. The number of aliphatic carboxylic acids is 1. The molecule has 0 radical (unpaired) electrons. The zero-order chi connectivity index (χ0) is 26.0. The lowest BCUT2D eigenvalue weighted by Gasteiger charge is -2.69. The van der Waals surface area contributed by atoms with Gasteiger partial charge in [-0.25, -0.2) is 0 Å². The summed E-state index contributed by atoms with van der Waals surface area (Å²) < 4.78 is 0. The summed E-state index contributed by atoms with van der Waals surface area (Å²) in [7, 11) is 0. The Morgan fingerprint density at radius 1 is 0.886 bits per heavy atom. The molecule has 0 aromatic rings. The molecule has 4 N–H and O–H groups in total. The van der Waals surface area contributed by atoms with Crippen molar-refractivity contribution >= 4 is 5.97 Å². The minimum atomic E-state index is -1.42. The van der Waals surface area contributed by atoms with Crippen molar-refractivity contribution in [2.45, 2.75) is 112 Å². The van der Waals surface area contributed by atoms with Crippen LogP contribution < -0.4 is 0 Å². The lowest BCUT2D eigenvalue weighted by atomic mass is 9.35. The Morgan fingerprint density at radius 2 is 1.54 bits per heavy atom. The molecule has 3 saturated carbocycles. The van der Waals surface area contributed by atoms with E-state index in [1.54, 1.807) is 0 Å². The molecule has 0 bridgehead atoms. The van der Waals surface area contributed by atoms with Gasteiger partial charge in [0.25, 0.3) is 0 Å². The van der Waals surface area contributed by atoms with E-state index in [9.17, 15) is 25.2 Å². The third kappa shape index (κ3) is 2.84. The molecule has 9 atom stereocenters. The Hall–Kier alpha value is -1.17. The predicted molar refractivity (Wildman–Crippen MR) is 135 cm³/mol. The van der Waals surface area contributed by atoms with Gasteiger partial charge >= 0.3 is 5.97 Å². The second-order valence-corrected chi connectivity index (χ2v) is 14.8. The Bertz CT molecular complexity index is 1010. The van der Waals surface area contributed by atoms with Crippen molar-refractivity contribution in [1.82, 2.24) is 0 Å². The highest BCUT2D eigenvalue weighted by atomic mass is 16.4. The maximum Gasteiger partial charge on any atom is 0.316 e. The average Bonchev–Trinajstić information content (AvgIpc) is 2.75. The quantitative estimate of drug-likeness (QED) is 0.414. The zero-order valence-electron chi connectivity index (χ0n) is 22.7. The largest absolute Gasteiger partial charge is 0.481 e. The van der Waals surface area contributed by atoms with Gasteiger partial charge in [-0.3, -0.25) is 4.79 Å². The summed E-state index contributed by atoms with van der Waals surface area (Å²) >= 11 is 0. The van der Waals surface area contributed by atoms with Crippen molar-refractivity contribution in [3.8, 4) is 0 Å². The normalized spacial score (nSPS) is 52.1. The minimum Gasteiger partial charge on any atom is -0.481 e. The standard InChI is InChI=1S/C30H46O5/c1-25(2)16-18-17-8-9-20-27(5)12-11-21(31)26(3,4)19(27)10-13-29(20,7)28(17,6)14-15-30(18,24(34)35)23(33)22(25)32/h8-9,19-23,31-33H,10-16H2,1-7H3,(H,34,35). The van der Waals surface area contributed by atoms with Crippen molar-refractivity contribution in [2.75, 3.05) is 0 Å². The number of carbonyl (C=O) groups is 1. The second-order valence-electron chi connectivity index (χ2n) is 14.8. The van der Waals surface area contributed by atoms with Crippen LogP contribution >= 0.6 is 0 Å². The number of fused-ring (bicyclic) bond motifs is 6. The van der Waals surface area contributed by atoms with Crippen LogP contribution in [-0.4, -0.2) is 44.7 Å². The summed E-state index contributed by atoms with van der Waals surface area (Å²) in [6, 6.07) is 0. The molecule has 0 aromatic carbocycles. The number of hydrogen-bond acceptors (Lipinski definition) is 4. The molecule has 3 fully saturated rings. The molecule has 0 heterocycles. The van der Waals surface area contributed by atoms with Crippen molar-refractivity contribution in [2.24, 2.45) is 44.3 Å². The van der Waals surface area contributed by atoms with Crippen LogP contribution in [0.25, 0.3) is 0 Å². The van der Waals surface area contributed by atoms with Gasteiger partial charge in [-0.15, -0.1) is 0 Å². The molecular formula is C30H46O5. The van der Waals surface area contributed by atoms with Crippen LogP contribution in [0.1, 0.15) is 93.4 Å². The lowest BCUT2D eigenvalue weighted by molar-refractivity contribution is -0.192. The van der Waals surface area contributed by atoms with Gasteiger partial charge in [-0.05, 0) is 95.0 Å². The summed E-state index contributed by atoms with van der Waals surface area (Å²) in [4.78, 5) is 12.8. The topological polar surface area (TPSA) is 98.0 Å². The SMILES string of the molecule is CC1(C)CC2=C3C=CC4C5(C)CCC(O)C(C)(C)C5CCC4(C)C3(C)CCC2(C(=O)O)C(O)C1O. The molecule has 5 rings (SSSR count). The van der Waals surface area contributed by atoms with Crippen LogP contribution in [0.3, 0.4) is 0 Å². The highest BCUT2D eigenvalue weighted by Crippen LogP contribution is 2.74. The van der Waals surface area contributed by atoms with Gasteiger partial charge in [0.05, 0.1) is 12.2 Å². The third-order valence-corrected chi connectivity index (χ3v) is 12.7. The maximum atomic E-state index is 12.8. The zero-order valence-corrected chi connectivity index (χ0v) is 22.7. The van der Waals surface area contributed by atoms with Crippen LogP contribution in [0, 0.1) is 44.3 Å². The van der Waals surface area contributed by atoms with Gasteiger partial charge in [-0.1, -0.05) is 60.6 Å². The van der Waals surface area contributed by atoms with Crippen molar-refractivity contribution in [1.29, 1.82) is 0 Å². The fourth-order valence-electron chi connectivity index (χ4n) is 10.1. The third-order valence-electron chi connectivity index (χ3n) is 12.7. The number of aliphatic hydroxyl groups is 3. The molecule has 5 aliphatic rings. The number of allylic oxidation sites excluding steroid dienone is 3. The molecular weight excluding hydrogens is 440 g/mol. The van der Waals surface area contributed by atoms with Crippen LogP contribution in [0.2, 0.25) is 0 Å². The van der Waals surface area contributed by atoms with Crippen LogP contribution in [-0.2, 0) is 4.79 Å². The molecule has 0 amide bonds. The van der Waals surface area contributed by atoms with Crippen molar-refractivity contribution < 1.29 is 25.2 Å². The summed E-state index contributed by atoms with van der Waals surface area (Å²) in [6.07, 6.45) is 7.38. The fraction of sp³-hybridized carbons (Fsp3) is 0.833. The van der Waals surface area contributed by atoms with Crippen LogP contribution in [0.4, 0.5) is 0 Å². The molecule has 5 nitrogen and oxygen atoms in total. The summed E-state index contributed by atoms with van der Waals surface area (Å²) in [6.45, 7) is 15.6. The first-order chi connectivity index (χ1) is 16.0. The number of carboxylic acid groups (broad SMARTS) is 1. The van der Waals surface area contributed by atoms with Crippen LogP contribution in [0.5, 0.6) is 0 Å². The maximum absolute atomic E-state index is 12.8. The lowest BCUT2D eigenvalue weighted by Crippen LogP contribution is -2.65. The first-order valence-electron chi connectivity index (χ1n) is 13.7. The number of aliphatic hydroxyl groups excluding tert-OH is 3. The van der Waals surface area contributed by atoms with E-state index in [0.29, 0.717) is 31.1 Å². The first-order valence-corrected chi connectivity index (χ1v) is 13.7. The molecule has 0 aliphatic heterocycles. The minimum absolute atomic E-state index is 0.0382. The number of rotatable bonds is 1. The van der Waals surface area contributed by atoms with Gasteiger partial charge in [0, 0.05) is 0 Å². The molecule has 9 unspecified atom stereocenters. The van der Waals surface area contributed by atoms with Crippen molar-refractivity contribution in [3.05, 3.63) is 23.3 Å². The Morgan fingerprint density at radius 3 is 2.17 bits per heavy atom. The van der Waals surface area contributed by atoms with Gasteiger partial charge in [0.2, 0.25) is 0 Å². The highest BCUT2D eigenvalue weighted by Gasteiger charge is 2.69. The number of hydrogen-bond donors (Lipinski definition) is 4. The Balaban J connectivity index is 1.70. The molecule has 0 aromatic heterocycles. The molecule has 0 spiro atoms. The molecule has 0 saturated heterocycles. The first kappa shape index (κ1) is 25.5. The monoisotopic (exact) mass is 486 g/mol. The molecule has 5 heteroatoms. The second kappa shape index (κ2) is 7.23. The Labute approximate surface area is 210 Å². The van der Waals surface area contributed by atoms with E-state index in [4.69, 9.17) is 0 Å². The predicted octanol–water partition coefficient (Wildman–Crippen LogP) is 5.10. The average molecular weight is 487 g/mol. The van der Waals surface area contributed by atoms with E-state index in [1.165, 1.54) is 0 Å². The van der Waals surface area contributed by atoms with Gasteiger partial charge < -0.3 is 20.4 Å². The molecule has 35 heavy (non-hydrogen) atoms. The number of carboxylic acids is 1. The van der Waals surface area contributed by atoms with Gasteiger partial charge in [-0.2, -0.15) is 0 Å². The fourth-order valence-corrected chi connectivity index (χ4v) is 10.1. The van der Waals surface area contributed by atoms with E-state index in [0.717, 1.165) is 36.8 Å². The Kier molecular flexibility index (Phi) is 5.26. The highest BCUT2D eigenvalue weighted by molar-refractivity contribution is 5.81. The van der Waals surface area contributed by atoms with E-state index in [-0.39, 0.29) is 27.8 Å². The van der Waals surface area contributed by atoms with Crippen molar-refractivity contribution in [3.63, 3.8) is 0 Å². The van der Waals surface area contributed by atoms with Crippen LogP contribution in [0.15, 0.2) is 23.3 Å². The van der Waals surface area contributed by atoms with Gasteiger partial charge in [0.1, 0.15) is 11.5 Å². The van der Waals surface area contributed by atoms with E-state index >= 15 is 0 Å². The van der Waals surface area contributed by atoms with E-state index in [1.807, 2.05) is 13.8 Å². The smallest absolute Gasteiger partial charge is 0.316 e. The molecule has 5 aliphatic carbocycles.